The van der Waals surface area contributed by atoms with E-state index in [2.05, 4.69) is 25.9 Å². The van der Waals surface area contributed by atoms with Gasteiger partial charge in [0.15, 0.2) is 0 Å². The maximum Gasteiger partial charge on any atom is 0.255 e. The number of amides is 1. The van der Waals surface area contributed by atoms with Gasteiger partial charge in [0, 0.05) is 18.0 Å². The fourth-order valence-electron chi connectivity index (χ4n) is 3.74. The van der Waals surface area contributed by atoms with Gasteiger partial charge >= 0.3 is 0 Å². The Morgan fingerprint density at radius 2 is 2.12 bits per heavy atom. The predicted molar refractivity (Wildman–Crippen MR) is 128 cm³/mol. The SMILES string of the molecule is CC(C)(O)C(F)CNC(=O)c1cnc(Nc2ccc3ncsc3c2)cc1NC1CCCC1O. The molecular weight excluding hydrogens is 445 g/mol. The van der Waals surface area contributed by atoms with Crippen molar-refractivity contribution in [2.75, 3.05) is 17.2 Å². The smallest absolute Gasteiger partial charge is 0.255 e. The first-order valence-corrected chi connectivity index (χ1v) is 11.8. The van der Waals surface area contributed by atoms with E-state index in [9.17, 15) is 19.4 Å². The number of pyridine rings is 1. The minimum absolute atomic E-state index is 0.189. The summed E-state index contributed by atoms with van der Waals surface area (Å²) in [6.07, 6.45) is 1.65. The third kappa shape index (κ3) is 5.58. The highest BCUT2D eigenvalue weighted by molar-refractivity contribution is 7.16. The maximum atomic E-state index is 14.1. The fraction of sp³-hybridized carbons (Fsp3) is 0.435. The molecule has 3 aromatic rings. The number of halogens is 1. The minimum Gasteiger partial charge on any atom is -0.391 e. The highest BCUT2D eigenvalue weighted by atomic mass is 32.1. The molecule has 2 aromatic heterocycles. The Kier molecular flexibility index (Phi) is 6.78. The molecule has 1 aliphatic rings. The number of thiazole rings is 1. The first-order chi connectivity index (χ1) is 15.7. The number of anilines is 3. The van der Waals surface area contributed by atoms with Crippen LogP contribution in [0.4, 0.5) is 21.6 Å². The summed E-state index contributed by atoms with van der Waals surface area (Å²) in [6, 6.07) is 7.31. The molecule has 1 fully saturated rings. The zero-order valence-electron chi connectivity index (χ0n) is 18.5. The molecule has 10 heteroatoms. The molecule has 3 atom stereocenters. The van der Waals surface area contributed by atoms with Crippen LogP contribution in [0.15, 0.2) is 36.0 Å². The molecule has 8 nitrogen and oxygen atoms in total. The summed E-state index contributed by atoms with van der Waals surface area (Å²) < 4.78 is 15.2. The number of alkyl halides is 1. The Morgan fingerprint density at radius 1 is 1.30 bits per heavy atom. The molecule has 0 aliphatic heterocycles. The molecule has 3 unspecified atom stereocenters. The molecule has 0 saturated heterocycles. The average molecular weight is 474 g/mol. The van der Waals surface area contributed by atoms with E-state index in [-0.39, 0.29) is 18.2 Å². The van der Waals surface area contributed by atoms with Gasteiger partial charge in [-0.1, -0.05) is 0 Å². The number of benzene rings is 1. The molecular formula is C23H28FN5O3S. The first-order valence-electron chi connectivity index (χ1n) is 10.9. The average Bonchev–Trinajstić information content (AvgIpc) is 3.39. The van der Waals surface area contributed by atoms with Gasteiger partial charge in [-0.2, -0.15) is 0 Å². The number of nitrogens with one attached hydrogen (secondary N) is 3. The number of hydrogen-bond donors (Lipinski definition) is 5. The van der Waals surface area contributed by atoms with Crippen molar-refractivity contribution in [1.29, 1.82) is 0 Å². The van der Waals surface area contributed by atoms with E-state index in [0.717, 1.165) is 28.7 Å². The lowest BCUT2D eigenvalue weighted by Crippen LogP contribution is -2.42. The summed E-state index contributed by atoms with van der Waals surface area (Å²) in [5.74, 6) is 0.00674. The lowest BCUT2D eigenvalue weighted by molar-refractivity contribution is -0.00177. The van der Waals surface area contributed by atoms with Crippen molar-refractivity contribution < 1.29 is 19.4 Å². The molecule has 33 heavy (non-hydrogen) atoms. The molecule has 4 rings (SSSR count). The van der Waals surface area contributed by atoms with Gasteiger partial charge in [0.25, 0.3) is 5.91 Å². The zero-order chi connectivity index (χ0) is 23.6. The van der Waals surface area contributed by atoms with E-state index in [4.69, 9.17) is 0 Å². The van der Waals surface area contributed by atoms with Crippen LogP contribution < -0.4 is 16.0 Å². The van der Waals surface area contributed by atoms with Crippen molar-refractivity contribution in [3.05, 3.63) is 41.5 Å². The number of rotatable bonds is 8. The van der Waals surface area contributed by atoms with Crippen molar-refractivity contribution in [1.82, 2.24) is 15.3 Å². The largest absolute Gasteiger partial charge is 0.391 e. The van der Waals surface area contributed by atoms with Gasteiger partial charge in [0.05, 0.1) is 51.3 Å². The standard InChI is InChI=1S/C23H28FN5O3S/c1-23(2,32)20(24)11-26-22(31)14-10-25-21(9-17(14)29-15-4-3-5-18(15)30)28-13-6-7-16-19(8-13)33-12-27-16/h6-10,12,15,18,20,30,32H,3-5,11H2,1-2H3,(H,26,31)(H2,25,28,29). The Labute approximate surface area is 195 Å². The second-order valence-corrected chi connectivity index (χ2v) is 9.74. The van der Waals surface area contributed by atoms with E-state index in [1.54, 1.807) is 11.6 Å². The van der Waals surface area contributed by atoms with Crippen molar-refractivity contribution in [2.24, 2.45) is 0 Å². The highest BCUT2D eigenvalue weighted by Gasteiger charge is 2.29. The van der Waals surface area contributed by atoms with Gasteiger partial charge in [-0.15, -0.1) is 11.3 Å². The molecule has 0 spiro atoms. The molecule has 0 bridgehead atoms. The number of aromatic nitrogens is 2. The lowest BCUT2D eigenvalue weighted by Gasteiger charge is -2.23. The van der Waals surface area contributed by atoms with Gasteiger partial charge in [-0.3, -0.25) is 4.79 Å². The normalized spacial score (nSPS) is 19.4. The minimum atomic E-state index is -1.62. The van der Waals surface area contributed by atoms with Crippen molar-refractivity contribution >= 4 is 44.7 Å². The number of aliphatic hydroxyl groups is 2. The number of fused-ring (bicyclic) bond motifs is 1. The summed E-state index contributed by atoms with van der Waals surface area (Å²) >= 11 is 1.54. The zero-order valence-corrected chi connectivity index (χ0v) is 19.3. The second-order valence-electron chi connectivity index (χ2n) is 8.86. The van der Waals surface area contributed by atoms with E-state index < -0.39 is 23.8 Å². The third-order valence-electron chi connectivity index (χ3n) is 5.78. The predicted octanol–water partition coefficient (Wildman–Crippen LogP) is 3.60. The summed E-state index contributed by atoms with van der Waals surface area (Å²) in [7, 11) is 0. The molecule has 1 aromatic carbocycles. The third-order valence-corrected chi connectivity index (χ3v) is 6.57. The summed E-state index contributed by atoms with van der Waals surface area (Å²) in [4.78, 5) is 21.4. The Bertz CT molecular complexity index is 1130. The number of carbonyl (C=O) groups excluding carboxylic acids is 1. The molecule has 5 N–H and O–H groups in total. The van der Waals surface area contributed by atoms with Crippen LogP contribution in [0.25, 0.3) is 10.2 Å². The summed E-state index contributed by atoms with van der Waals surface area (Å²) in [5, 5.41) is 29.1. The van der Waals surface area contributed by atoms with E-state index >= 15 is 0 Å². The fourth-order valence-corrected chi connectivity index (χ4v) is 4.46. The molecule has 1 amide bonds. The highest BCUT2D eigenvalue weighted by Crippen LogP contribution is 2.29. The van der Waals surface area contributed by atoms with Crippen LogP contribution in [-0.4, -0.2) is 56.6 Å². The van der Waals surface area contributed by atoms with Gasteiger partial charge in [0.2, 0.25) is 0 Å². The Morgan fingerprint density at radius 3 is 2.85 bits per heavy atom. The van der Waals surface area contributed by atoms with Crippen LogP contribution in [-0.2, 0) is 0 Å². The number of aliphatic hydroxyl groups excluding tert-OH is 1. The number of nitrogens with zero attached hydrogens (tertiary/aromatic N) is 2. The number of carbonyl (C=O) groups is 1. The van der Waals surface area contributed by atoms with Crippen LogP contribution in [0.1, 0.15) is 43.5 Å². The monoisotopic (exact) mass is 473 g/mol. The van der Waals surface area contributed by atoms with Crippen molar-refractivity contribution in [3.63, 3.8) is 0 Å². The van der Waals surface area contributed by atoms with Crippen LogP contribution in [0.3, 0.4) is 0 Å². The molecule has 176 valence electrons. The lowest BCUT2D eigenvalue weighted by atomic mass is 10.0. The second kappa shape index (κ2) is 9.58. The Hall–Kier alpha value is -2.82. The van der Waals surface area contributed by atoms with Crippen LogP contribution in [0, 0.1) is 0 Å². The molecule has 1 saturated carbocycles. The maximum absolute atomic E-state index is 14.1. The Balaban J connectivity index is 1.56. The van der Waals surface area contributed by atoms with Crippen LogP contribution in [0.2, 0.25) is 0 Å². The van der Waals surface area contributed by atoms with Gasteiger partial charge in [-0.25, -0.2) is 14.4 Å². The van der Waals surface area contributed by atoms with Crippen LogP contribution in [0.5, 0.6) is 0 Å². The first kappa shape index (κ1) is 23.3. The summed E-state index contributed by atoms with van der Waals surface area (Å²) in [6.45, 7) is 2.37. The molecule has 2 heterocycles. The van der Waals surface area contributed by atoms with Gasteiger partial charge < -0.3 is 26.2 Å². The van der Waals surface area contributed by atoms with Gasteiger partial charge in [0.1, 0.15) is 12.0 Å². The quantitative estimate of drug-likeness (QED) is 0.339. The van der Waals surface area contributed by atoms with Crippen molar-refractivity contribution in [3.8, 4) is 0 Å². The summed E-state index contributed by atoms with van der Waals surface area (Å²) in [5.41, 5.74) is 2.70. The topological polar surface area (TPSA) is 119 Å². The van der Waals surface area contributed by atoms with Crippen molar-refractivity contribution in [2.45, 2.75) is 57.0 Å². The van der Waals surface area contributed by atoms with E-state index in [1.165, 1.54) is 31.4 Å². The van der Waals surface area contributed by atoms with Gasteiger partial charge in [-0.05, 0) is 51.3 Å². The van der Waals surface area contributed by atoms with E-state index in [0.29, 0.717) is 17.9 Å². The molecule has 1 aliphatic carbocycles. The number of hydrogen-bond acceptors (Lipinski definition) is 8. The van der Waals surface area contributed by atoms with E-state index in [1.807, 2.05) is 18.2 Å². The van der Waals surface area contributed by atoms with Crippen LogP contribution >= 0.6 is 11.3 Å². The molecule has 0 radical (unpaired) electrons.